The van der Waals surface area contributed by atoms with Crippen LogP contribution in [-0.4, -0.2) is 53.4 Å². The molecule has 2 aliphatic rings. The smallest absolute Gasteiger partial charge is 0.231 e. The normalized spacial score (nSPS) is 18.7. The molecule has 2 heterocycles. The standard InChI is InChI=1S/C21H25N5O4S2/c1-30-16-8-6-15(7-9-16)26-11-13(10-18(26)28)19(29)23-20-24-25-21(32-20)31-12-17(27)22-14-4-2-3-5-14/h6-9,13-14H,2-5,10-12H2,1H3,(H,22,27)(H,23,24,29)/t13-/m0/s1. The van der Waals surface area contributed by atoms with E-state index in [1.165, 1.54) is 35.9 Å². The highest BCUT2D eigenvalue weighted by atomic mass is 32.2. The number of thioether (sulfide) groups is 1. The summed E-state index contributed by atoms with van der Waals surface area (Å²) in [6, 6.07) is 7.45. The van der Waals surface area contributed by atoms with E-state index in [4.69, 9.17) is 4.74 Å². The van der Waals surface area contributed by atoms with E-state index < -0.39 is 5.92 Å². The molecular formula is C21H25N5O4S2. The zero-order valence-electron chi connectivity index (χ0n) is 17.7. The van der Waals surface area contributed by atoms with Crippen LogP contribution in [0.1, 0.15) is 32.1 Å². The van der Waals surface area contributed by atoms with Crippen molar-refractivity contribution >= 4 is 51.6 Å². The first-order chi connectivity index (χ1) is 15.5. The van der Waals surface area contributed by atoms with Crippen LogP contribution in [0, 0.1) is 5.92 Å². The van der Waals surface area contributed by atoms with Gasteiger partial charge in [-0.05, 0) is 37.1 Å². The second kappa shape index (κ2) is 10.3. The van der Waals surface area contributed by atoms with E-state index in [9.17, 15) is 14.4 Å². The highest BCUT2D eigenvalue weighted by Crippen LogP contribution is 2.29. The molecule has 0 unspecified atom stereocenters. The van der Waals surface area contributed by atoms with E-state index in [1.807, 2.05) is 0 Å². The summed E-state index contributed by atoms with van der Waals surface area (Å²) in [6.07, 6.45) is 4.57. The van der Waals surface area contributed by atoms with Gasteiger partial charge in [0, 0.05) is 24.7 Å². The lowest BCUT2D eigenvalue weighted by Crippen LogP contribution is -2.33. The number of ether oxygens (including phenoxy) is 1. The summed E-state index contributed by atoms with van der Waals surface area (Å²) < 4.78 is 5.76. The lowest BCUT2D eigenvalue weighted by atomic mass is 10.1. The third-order valence-electron chi connectivity index (χ3n) is 5.56. The summed E-state index contributed by atoms with van der Waals surface area (Å²) in [5, 5.41) is 14.2. The van der Waals surface area contributed by atoms with Crippen molar-refractivity contribution in [2.24, 2.45) is 5.92 Å². The lowest BCUT2D eigenvalue weighted by Gasteiger charge is -2.16. The number of carbonyl (C=O) groups is 3. The molecule has 0 spiro atoms. The van der Waals surface area contributed by atoms with Crippen LogP contribution in [0.5, 0.6) is 5.75 Å². The Morgan fingerprint density at radius 2 is 1.97 bits per heavy atom. The molecule has 1 aliphatic heterocycles. The molecule has 1 saturated carbocycles. The van der Waals surface area contributed by atoms with Crippen molar-refractivity contribution in [3.63, 3.8) is 0 Å². The fourth-order valence-corrected chi connectivity index (χ4v) is 5.45. The number of nitrogens with one attached hydrogen (secondary N) is 2. The van der Waals surface area contributed by atoms with Crippen LogP contribution in [0.4, 0.5) is 10.8 Å². The van der Waals surface area contributed by atoms with Gasteiger partial charge in [-0.2, -0.15) is 0 Å². The Morgan fingerprint density at radius 3 is 2.69 bits per heavy atom. The van der Waals surface area contributed by atoms with E-state index >= 15 is 0 Å². The molecule has 1 aromatic heterocycles. The SMILES string of the molecule is COc1ccc(N2C[C@@H](C(=O)Nc3nnc(SCC(=O)NC4CCCC4)s3)CC2=O)cc1. The van der Waals surface area contributed by atoms with Crippen molar-refractivity contribution < 1.29 is 19.1 Å². The average molecular weight is 476 g/mol. The van der Waals surface area contributed by atoms with Gasteiger partial charge in [0.1, 0.15) is 5.75 Å². The molecule has 2 fully saturated rings. The van der Waals surface area contributed by atoms with E-state index in [2.05, 4.69) is 20.8 Å². The van der Waals surface area contributed by atoms with E-state index in [0.29, 0.717) is 27.8 Å². The Balaban J connectivity index is 1.26. The van der Waals surface area contributed by atoms with Crippen LogP contribution < -0.4 is 20.3 Å². The van der Waals surface area contributed by atoms with Crippen molar-refractivity contribution in [3.05, 3.63) is 24.3 Å². The van der Waals surface area contributed by atoms with Crippen molar-refractivity contribution in [2.45, 2.75) is 42.5 Å². The van der Waals surface area contributed by atoms with Gasteiger partial charge in [0.15, 0.2) is 4.34 Å². The summed E-state index contributed by atoms with van der Waals surface area (Å²) in [7, 11) is 1.58. The Hall–Kier alpha value is -2.66. The quantitative estimate of drug-likeness (QED) is 0.446. The van der Waals surface area contributed by atoms with Crippen LogP contribution in [0.2, 0.25) is 0 Å². The number of benzene rings is 1. The first-order valence-corrected chi connectivity index (χ1v) is 12.3. The minimum atomic E-state index is -0.471. The molecule has 9 nitrogen and oxygen atoms in total. The molecule has 2 aromatic rings. The van der Waals surface area contributed by atoms with Crippen molar-refractivity contribution in [1.82, 2.24) is 15.5 Å². The molecular weight excluding hydrogens is 450 g/mol. The molecule has 32 heavy (non-hydrogen) atoms. The summed E-state index contributed by atoms with van der Waals surface area (Å²) in [5.41, 5.74) is 0.733. The zero-order valence-corrected chi connectivity index (χ0v) is 19.3. The lowest BCUT2D eigenvalue weighted by molar-refractivity contribution is -0.122. The third-order valence-corrected chi connectivity index (χ3v) is 7.54. The van der Waals surface area contributed by atoms with Gasteiger partial charge in [-0.15, -0.1) is 10.2 Å². The van der Waals surface area contributed by atoms with Gasteiger partial charge in [-0.1, -0.05) is 35.9 Å². The highest BCUT2D eigenvalue weighted by Gasteiger charge is 2.35. The van der Waals surface area contributed by atoms with Gasteiger partial charge in [0.2, 0.25) is 22.9 Å². The largest absolute Gasteiger partial charge is 0.497 e. The second-order valence-electron chi connectivity index (χ2n) is 7.80. The van der Waals surface area contributed by atoms with Gasteiger partial charge in [0.25, 0.3) is 0 Å². The van der Waals surface area contributed by atoms with Gasteiger partial charge in [-0.3, -0.25) is 14.4 Å². The maximum Gasteiger partial charge on any atom is 0.231 e. The second-order valence-corrected chi connectivity index (χ2v) is 10.0. The molecule has 1 atom stereocenters. The molecule has 4 rings (SSSR count). The predicted molar refractivity (Wildman–Crippen MR) is 123 cm³/mol. The van der Waals surface area contributed by atoms with Crippen molar-refractivity contribution in [1.29, 1.82) is 0 Å². The monoisotopic (exact) mass is 475 g/mol. The summed E-state index contributed by atoms with van der Waals surface area (Å²) in [6.45, 7) is 0.304. The Labute approximate surface area is 194 Å². The number of amides is 3. The minimum absolute atomic E-state index is 0.00854. The Bertz CT molecular complexity index is 975. The number of anilines is 2. The predicted octanol–water partition coefficient (Wildman–Crippen LogP) is 2.69. The fourth-order valence-electron chi connectivity index (χ4n) is 3.89. The summed E-state index contributed by atoms with van der Waals surface area (Å²) in [5.74, 6) is 0.133. The zero-order chi connectivity index (χ0) is 22.5. The van der Waals surface area contributed by atoms with E-state index in [0.717, 1.165) is 18.5 Å². The minimum Gasteiger partial charge on any atom is -0.497 e. The van der Waals surface area contributed by atoms with Gasteiger partial charge < -0.3 is 20.3 Å². The molecule has 0 radical (unpaired) electrons. The third kappa shape index (κ3) is 5.57. The van der Waals surface area contributed by atoms with Crippen LogP contribution in [-0.2, 0) is 14.4 Å². The number of carbonyl (C=O) groups excluding carboxylic acids is 3. The molecule has 2 N–H and O–H groups in total. The number of methoxy groups -OCH3 is 1. The molecule has 1 aliphatic carbocycles. The van der Waals surface area contributed by atoms with Crippen molar-refractivity contribution in [2.75, 3.05) is 29.6 Å². The number of nitrogens with zero attached hydrogens (tertiary/aromatic N) is 3. The van der Waals surface area contributed by atoms with Crippen LogP contribution in [0.3, 0.4) is 0 Å². The van der Waals surface area contributed by atoms with Crippen LogP contribution >= 0.6 is 23.1 Å². The number of aromatic nitrogens is 2. The van der Waals surface area contributed by atoms with Gasteiger partial charge in [-0.25, -0.2) is 0 Å². The molecule has 0 bridgehead atoms. The van der Waals surface area contributed by atoms with E-state index in [-0.39, 0.29) is 29.9 Å². The fraction of sp³-hybridized carbons (Fsp3) is 0.476. The van der Waals surface area contributed by atoms with Crippen LogP contribution in [0.15, 0.2) is 28.6 Å². The first-order valence-electron chi connectivity index (χ1n) is 10.5. The van der Waals surface area contributed by atoms with Crippen LogP contribution in [0.25, 0.3) is 0 Å². The molecule has 3 amide bonds. The Morgan fingerprint density at radius 1 is 1.22 bits per heavy atom. The topological polar surface area (TPSA) is 114 Å². The van der Waals surface area contributed by atoms with Gasteiger partial charge in [0.05, 0.1) is 18.8 Å². The number of hydrogen-bond donors (Lipinski definition) is 2. The number of hydrogen-bond acceptors (Lipinski definition) is 8. The van der Waals surface area contributed by atoms with Crippen molar-refractivity contribution in [3.8, 4) is 5.75 Å². The Kier molecular flexibility index (Phi) is 7.26. The average Bonchev–Trinajstić information content (AvgIpc) is 3.54. The van der Waals surface area contributed by atoms with E-state index in [1.54, 1.807) is 36.3 Å². The maximum absolute atomic E-state index is 12.7. The van der Waals surface area contributed by atoms with Gasteiger partial charge >= 0.3 is 0 Å². The summed E-state index contributed by atoms with van der Waals surface area (Å²) in [4.78, 5) is 38.7. The summed E-state index contributed by atoms with van der Waals surface area (Å²) >= 11 is 2.53. The first kappa shape index (κ1) is 22.5. The maximum atomic E-state index is 12.7. The number of rotatable bonds is 8. The highest BCUT2D eigenvalue weighted by molar-refractivity contribution is 8.01. The molecule has 1 saturated heterocycles. The molecule has 1 aromatic carbocycles. The molecule has 11 heteroatoms. The molecule has 170 valence electrons.